The molecule has 248 valence electrons. The molecule has 4 rings (SSSR count). The first-order valence-corrected chi connectivity index (χ1v) is 17.6. The Morgan fingerprint density at radius 1 is 0.830 bits per heavy atom. The highest BCUT2D eigenvalue weighted by Gasteiger charge is 2.35. The van der Waals surface area contributed by atoms with Gasteiger partial charge in [0, 0.05) is 30.0 Å². The van der Waals surface area contributed by atoms with E-state index in [4.69, 9.17) is 9.47 Å². The highest BCUT2D eigenvalue weighted by atomic mass is 79.9. The number of sulfonamides is 1. The van der Waals surface area contributed by atoms with E-state index in [0.29, 0.717) is 18.0 Å². The number of methoxy groups -OCH3 is 2. The Balaban J connectivity index is 1.82. The Bertz CT molecular complexity index is 1740. The van der Waals surface area contributed by atoms with Crippen LogP contribution in [-0.2, 0) is 32.6 Å². The van der Waals surface area contributed by atoms with Gasteiger partial charge in [0.25, 0.3) is 10.0 Å². The van der Waals surface area contributed by atoms with Crippen molar-refractivity contribution in [2.45, 2.75) is 43.7 Å². The fraction of sp³-hybridized carbons (Fsp3) is 0.278. The van der Waals surface area contributed by atoms with E-state index in [0.717, 1.165) is 32.7 Å². The Morgan fingerprint density at radius 2 is 1.49 bits per heavy atom. The summed E-state index contributed by atoms with van der Waals surface area (Å²) >= 11 is 3.51. The third-order valence-electron chi connectivity index (χ3n) is 7.61. The van der Waals surface area contributed by atoms with Crippen molar-refractivity contribution in [3.05, 3.63) is 119 Å². The first kappa shape index (κ1) is 35.5. The zero-order valence-electron chi connectivity index (χ0n) is 26.8. The van der Waals surface area contributed by atoms with Crippen LogP contribution < -0.4 is 19.1 Å². The molecular weight excluding hydrogens is 682 g/mol. The number of nitrogens with one attached hydrogen (secondary N) is 1. The predicted molar refractivity (Wildman–Crippen MR) is 187 cm³/mol. The number of anilines is 1. The molecule has 0 bridgehead atoms. The lowest BCUT2D eigenvalue weighted by Crippen LogP contribution is -2.53. The van der Waals surface area contributed by atoms with Crippen LogP contribution in [0.4, 0.5) is 5.69 Å². The van der Waals surface area contributed by atoms with Gasteiger partial charge in [0.2, 0.25) is 11.8 Å². The molecule has 0 fully saturated rings. The summed E-state index contributed by atoms with van der Waals surface area (Å²) in [5.41, 5.74) is 1.84. The predicted octanol–water partition coefficient (Wildman–Crippen LogP) is 6.22. The Hall–Kier alpha value is -4.35. The smallest absolute Gasteiger partial charge is 0.264 e. The topological polar surface area (TPSA) is 105 Å². The summed E-state index contributed by atoms with van der Waals surface area (Å²) < 4.78 is 41.1. The SMILES string of the molecule is CCCCNC(=O)[C@H](Cc1ccccc1)N(Cc1cccc(Br)c1)C(=O)CN(c1ccc(OC)c(OC)c1)S(=O)(=O)c1ccccc1. The molecule has 47 heavy (non-hydrogen) atoms. The number of carbonyl (C=O) groups excluding carboxylic acids is 2. The number of nitrogens with zero attached hydrogens (tertiary/aromatic N) is 2. The van der Waals surface area contributed by atoms with Crippen molar-refractivity contribution in [3.63, 3.8) is 0 Å². The maximum absolute atomic E-state index is 14.6. The van der Waals surface area contributed by atoms with Gasteiger partial charge in [-0.15, -0.1) is 0 Å². The van der Waals surface area contributed by atoms with Crippen LogP contribution in [0.15, 0.2) is 112 Å². The average Bonchev–Trinajstić information content (AvgIpc) is 3.09. The van der Waals surface area contributed by atoms with E-state index in [1.54, 1.807) is 30.3 Å². The van der Waals surface area contributed by atoms with Gasteiger partial charge in [-0.25, -0.2) is 8.42 Å². The van der Waals surface area contributed by atoms with Gasteiger partial charge in [-0.2, -0.15) is 0 Å². The molecule has 11 heteroatoms. The zero-order valence-corrected chi connectivity index (χ0v) is 29.2. The Labute approximate surface area is 285 Å². The molecule has 0 aromatic heterocycles. The number of carbonyl (C=O) groups is 2. The molecule has 4 aromatic rings. The maximum Gasteiger partial charge on any atom is 0.264 e. The second-order valence-corrected chi connectivity index (χ2v) is 13.6. The molecule has 1 N–H and O–H groups in total. The van der Waals surface area contributed by atoms with Crippen LogP contribution in [0, 0.1) is 0 Å². The van der Waals surface area contributed by atoms with E-state index >= 15 is 0 Å². The zero-order chi connectivity index (χ0) is 33.8. The third-order valence-corrected chi connectivity index (χ3v) is 9.89. The molecule has 0 unspecified atom stereocenters. The summed E-state index contributed by atoms with van der Waals surface area (Å²) in [6, 6.07) is 28.6. The summed E-state index contributed by atoms with van der Waals surface area (Å²) in [5, 5.41) is 3.00. The van der Waals surface area contributed by atoms with Gasteiger partial charge in [0.15, 0.2) is 11.5 Å². The summed E-state index contributed by atoms with van der Waals surface area (Å²) in [6.45, 7) is 1.99. The lowest BCUT2D eigenvalue weighted by atomic mass is 10.0. The Morgan fingerprint density at radius 3 is 2.13 bits per heavy atom. The number of hydrogen-bond acceptors (Lipinski definition) is 6. The van der Waals surface area contributed by atoms with Gasteiger partial charge in [-0.3, -0.25) is 13.9 Å². The van der Waals surface area contributed by atoms with Crippen LogP contribution >= 0.6 is 15.9 Å². The van der Waals surface area contributed by atoms with Gasteiger partial charge in [-0.05, 0) is 53.9 Å². The van der Waals surface area contributed by atoms with Crippen molar-refractivity contribution < 1.29 is 27.5 Å². The van der Waals surface area contributed by atoms with Crippen molar-refractivity contribution in [2.24, 2.45) is 0 Å². The number of unbranched alkanes of at least 4 members (excludes halogenated alkanes) is 1. The fourth-order valence-corrected chi connectivity index (χ4v) is 6.99. The van der Waals surface area contributed by atoms with Crippen molar-refractivity contribution in [3.8, 4) is 11.5 Å². The molecule has 1 atom stereocenters. The average molecular weight is 723 g/mol. The van der Waals surface area contributed by atoms with Crippen LogP contribution in [0.5, 0.6) is 11.5 Å². The van der Waals surface area contributed by atoms with Crippen LogP contribution in [0.2, 0.25) is 0 Å². The van der Waals surface area contributed by atoms with Crippen LogP contribution in [-0.4, -0.2) is 58.5 Å². The van der Waals surface area contributed by atoms with E-state index in [2.05, 4.69) is 21.2 Å². The number of hydrogen-bond donors (Lipinski definition) is 1. The third kappa shape index (κ3) is 9.36. The molecule has 0 saturated carbocycles. The van der Waals surface area contributed by atoms with Gasteiger partial charge in [0.05, 0.1) is 24.8 Å². The van der Waals surface area contributed by atoms with Crippen molar-refractivity contribution in [1.82, 2.24) is 10.2 Å². The molecule has 9 nitrogen and oxygen atoms in total. The van der Waals surface area contributed by atoms with Crippen LogP contribution in [0.3, 0.4) is 0 Å². The number of halogens is 1. The quantitative estimate of drug-likeness (QED) is 0.138. The van der Waals surface area contributed by atoms with Gasteiger partial charge >= 0.3 is 0 Å². The summed E-state index contributed by atoms with van der Waals surface area (Å²) in [5.74, 6) is -0.156. The summed E-state index contributed by atoms with van der Waals surface area (Å²) in [7, 11) is -1.31. The molecular formula is C36H40BrN3O6S. The number of ether oxygens (including phenoxy) is 2. The molecule has 2 amide bonds. The number of benzene rings is 4. The lowest BCUT2D eigenvalue weighted by Gasteiger charge is -2.34. The van der Waals surface area contributed by atoms with Crippen molar-refractivity contribution in [2.75, 3.05) is 31.6 Å². The minimum absolute atomic E-state index is 0.0132. The Kier molecular flexibility index (Phi) is 12.8. The van der Waals surface area contributed by atoms with Gasteiger partial charge in [-0.1, -0.05) is 89.9 Å². The first-order valence-electron chi connectivity index (χ1n) is 15.3. The monoisotopic (exact) mass is 721 g/mol. The van der Waals surface area contributed by atoms with E-state index in [-0.39, 0.29) is 29.5 Å². The minimum Gasteiger partial charge on any atom is -0.493 e. The highest BCUT2D eigenvalue weighted by molar-refractivity contribution is 9.10. The normalized spacial score (nSPS) is 11.7. The van der Waals surface area contributed by atoms with Crippen molar-refractivity contribution >= 4 is 43.5 Å². The summed E-state index contributed by atoms with van der Waals surface area (Å²) in [4.78, 5) is 30.0. The maximum atomic E-state index is 14.6. The van der Waals surface area contributed by atoms with E-state index in [9.17, 15) is 18.0 Å². The second-order valence-electron chi connectivity index (χ2n) is 10.9. The van der Waals surface area contributed by atoms with Gasteiger partial charge < -0.3 is 19.7 Å². The van der Waals surface area contributed by atoms with E-state index in [1.807, 2.05) is 61.5 Å². The molecule has 0 heterocycles. The largest absolute Gasteiger partial charge is 0.493 e. The first-order chi connectivity index (χ1) is 22.7. The molecule has 0 spiro atoms. The lowest BCUT2D eigenvalue weighted by molar-refractivity contribution is -0.140. The van der Waals surface area contributed by atoms with Crippen LogP contribution in [0.25, 0.3) is 0 Å². The molecule has 0 saturated heterocycles. The molecule has 4 aromatic carbocycles. The molecule has 0 aliphatic carbocycles. The minimum atomic E-state index is -4.25. The number of amides is 2. The molecule has 0 aliphatic rings. The van der Waals surface area contributed by atoms with Crippen LogP contribution in [0.1, 0.15) is 30.9 Å². The van der Waals surface area contributed by atoms with Gasteiger partial charge in [0.1, 0.15) is 12.6 Å². The fourth-order valence-electron chi connectivity index (χ4n) is 5.12. The van der Waals surface area contributed by atoms with E-state index < -0.39 is 28.5 Å². The highest BCUT2D eigenvalue weighted by Crippen LogP contribution is 2.34. The second kappa shape index (κ2) is 17.0. The van der Waals surface area contributed by atoms with E-state index in [1.165, 1.54) is 37.3 Å². The van der Waals surface area contributed by atoms with Crippen molar-refractivity contribution in [1.29, 1.82) is 0 Å². The summed E-state index contributed by atoms with van der Waals surface area (Å²) in [6.07, 6.45) is 1.91. The number of rotatable bonds is 16. The standard InChI is InChI=1S/C36H40BrN3O6S/c1-4-5-21-38-36(42)32(23-27-13-8-6-9-14-27)39(25-28-15-12-16-29(37)22-28)35(41)26-40(47(43,44)31-17-10-7-11-18-31)30-19-20-33(45-2)34(24-30)46-3/h6-20,22,24,32H,4-5,21,23,25-26H2,1-3H3,(H,38,42)/t32-/m0/s1. The molecule has 0 aliphatic heterocycles. The molecule has 0 radical (unpaired) electrons.